The van der Waals surface area contributed by atoms with E-state index in [1.807, 2.05) is 0 Å². The highest BCUT2D eigenvalue weighted by atomic mass is 19.1. The van der Waals surface area contributed by atoms with Gasteiger partial charge in [-0.3, -0.25) is 10.1 Å². The molecule has 0 aromatic heterocycles. The van der Waals surface area contributed by atoms with Crippen LogP contribution in [-0.4, -0.2) is 12.2 Å². The summed E-state index contributed by atoms with van der Waals surface area (Å²) in [6.07, 6.45) is 2.29. The summed E-state index contributed by atoms with van der Waals surface area (Å²) in [5, 5.41) is 7.10. The lowest BCUT2D eigenvalue weighted by Gasteiger charge is -2.26. The molecule has 0 saturated heterocycles. The molecule has 1 aliphatic carbocycles. The molecule has 4 nitrogen and oxygen atoms in total. The molecular formula is C24H22F3N2O2. The highest BCUT2D eigenvalue weighted by Crippen LogP contribution is 2.42. The topological polar surface area (TPSA) is 60.3 Å². The van der Waals surface area contributed by atoms with Gasteiger partial charge in [0.2, 0.25) is 0 Å². The average molecular weight is 427 g/mol. The van der Waals surface area contributed by atoms with Crippen LogP contribution in [0.3, 0.4) is 0 Å². The molecule has 1 amide bonds. The zero-order chi connectivity index (χ0) is 22.3. The van der Waals surface area contributed by atoms with Crippen LogP contribution in [0.4, 0.5) is 13.2 Å². The van der Waals surface area contributed by atoms with Gasteiger partial charge in [-0.2, -0.15) is 0 Å². The van der Waals surface area contributed by atoms with Crippen molar-refractivity contribution in [3.05, 3.63) is 75.7 Å². The number of carbonyl (C=O) groups excluding carboxylic acids is 2. The molecule has 4 rings (SSSR count). The first-order valence-corrected chi connectivity index (χ1v) is 10.2. The minimum Gasteiger partial charge on any atom is -0.345 e. The van der Waals surface area contributed by atoms with Crippen molar-refractivity contribution in [2.24, 2.45) is 5.92 Å². The number of carbonyl (C=O) groups is 2. The van der Waals surface area contributed by atoms with E-state index in [1.165, 1.54) is 19.1 Å². The molecule has 161 valence electrons. The van der Waals surface area contributed by atoms with E-state index < -0.39 is 35.3 Å². The predicted octanol–water partition coefficient (Wildman–Crippen LogP) is 4.52. The van der Waals surface area contributed by atoms with Gasteiger partial charge in [0.15, 0.2) is 0 Å². The highest BCUT2D eigenvalue weighted by Gasteiger charge is 2.37. The molecule has 1 saturated carbocycles. The third kappa shape index (κ3) is 3.96. The van der Waals surface area contributed by atoms with Crippen molar-refractivity contribution in [3.8, 4) is 0 Å². The summed E-state index contributed by atoms with van der Waals surface area (Å²) >= 11 is 0. The Kier molecular flexibility index (Phi) is 5.60. The number of nitrogens with zero attached hydrogens (tertiary/aromatic N) is 1. The molecule has 1 aliphatic heterocycles. The zero-order valence-electron chi connectivity index (χ0n) is 17.2. The number of nitrogens with one attached hydrogen (secondary N) is 1. The molecule has 0 bridgehead atoms. The van der Waals surface area contributed by atoms with Gasteiger partial charge in [0.05, 0.1) is 18.2 Å². The van der Waals surface area contributed by atoms with E-state index in [1.54, 1.807) is 19.1 Å². The van der Waals surface area contributed by atoms with Gasteiger partial charge in [-0.05, 0) is 49.4 Å². The Hall–Kier alpha value is -3.09. The summed E-state index contributed by atoms with van der Waals surface area (Å²) in [5.74, 6) is -3.22. The summed E-state index contributed by atoms with van der Waals surface area (Å²) in [4.78, 5) is 24.5. The summed E-state index contributed by atoms with van der Waals surface area (Å²) in [6, 6.07) is 6.55. The van der Waals surface area contributed by atoms with Crippen LogP contribution in [0.2, 0.25) is 0 Å². The van der Waals surface area contributed by atoms with E-state index in [-0.39, 0.29) is 40.4 Å². The fraction of sp³-hybridized carbons (Fsp3) is 0.333. The second-order valence-corrected chi connectivity index (χ2v) is 8.16. The van der Waals surface area contributed by atoms with E-state index in [9.17, 15) is 18.4 Å². The second kappa shape index (κ2) is 8.21. The van der Waals surface area contributed by atoms with Crippen LogP contribution in [0.15, 0.2) is 36.0 Å². The standard InChI is InChI=1S/C24H22F3N2O2/c1-12(11-30)17-9-19(26)18-10-28-13(2)20(21(18)22(17)27)24(31)29-23(14-6-7-14)15-4-3-5-16(25)8-15/h3-5,8-9,11-12,14,23H,6-7,10H2,1-2H3,(H,29,31)/t12?,23-/m0/s1. The first-order chi connectivity index (χ1) is 14.8. The van der Waals surface area contributed by atoms with Gasteiger partial charge in [-0.25, -0.2) is 13.2 Å². The van der Waals surface area contributed by atoms with Crippen molar-refractivity contribution in [2.75, 3.05) is 0 Å². The quantitative estimate of drug-likeness (QED) is 0.689. The third-order valence-electron chi connectivity index (χ3n) is 5.94. The van der Waals surface area contributed by atoms with Crippen LogP contribution in [0.1, 0.15) is 60.9 Å². The minimum atomic E-state index is -0.866. The second-order valence-electron chi connectivity index (χ2n) is 8.16. The monoisotopic (exact) mass is 427 g/mol. The molecule has 1 fully saturated rings. The summed E-state index contributed by atoms with van der Waals surface area (Å²) in [6.45, 7) is 2.94. The summed E-state index contributed by atoms with van der Waals surface area (Å²) < 4.78 is 43.9. The Morgan fingerprint density at radius 2 is 1.97 bits per heavy atom. The number of allylic oxidation sites excluding steroid dienone is 1. The highest BCUT2D eigenvalue weighted by molar-refractivity contribution is 6.21. The molecule has 31 heavy (non-hydrogen) atoms. The van der Waals surface area contributed by atoms with Crippen molar-refractivity contribution in [1.82, 2.24) is 10.6 Å². The van der Waals surface area contributed by atoms with Crippen molar-refractivity contribution in [2.45, 2.75) is 45.2 Å². The Bertz CT molecular complexity index is 1090. The van der Waals surface area contributed by atoms with Crippen LogP contribution in [-0.2, 0) is 16.1 Å². The van der Waals surface area contributed by atoms with Crippen LogP contribution in [0.25, 0.3) is 5.57 Å². The van der Waals surface area contributed by atoms with E-state index in [0.717, 1.165) is 18.9 Å². The van der Waals surface area contributed by atoms with E-state index in [4.69, 9.17) is 0 Å². The minimum absolute atomic E-state index is 0.0103. The molecule has 1 heterocycles. The van der Waals surface area contributed by atoms with Crippen LogP contribution >= 0.6 is 0 Å². The Morgan fingerprint density at radius 3 is 2.61 bits per heavy atom. The van der Waals surface area contributed by atoms with Gasteiger partial charge < -0.3 is 10.1 Å². The van der Waals surface area contributed by atoms with Crippen LogP contribution in [0, 0.1) is 23.4 Å². The molecule has 1 radical (unpaired) electrons. The molecule has 1 unspecified atom stereocenters. The number of hydrogen-bond donors (Lipinski definition) is 1. The lowest BCUT2D eigenvalue weighted by Crippen LogP contribution is -2.34. The fourth-order valence-corrected chi connectivity index (χ4v) is 4.05. The summed E-state index contributed by atoms with van der Waals surface area (Å²) in [5.41, 5.74) is 0.589. The number of halogens is 3. The van der Waals surface area contributed by atoms with Crippen molar-refractivity contribution >= 4 is 17.8 Å². The van der Waals surface area contributed by atoms with E-state index >= 15 is 4.39 Å². The number of hydrogen-bond acceptors (Lipinski definition) is 2. The maximum Gasteiger partial charge on any atom is 0.254 e. The normalized spacial score (nSPS) is 17.5. The molecule has 2 aromatic carbocycles. The Balaban J connectivity index is 1.75. The Morgan fingerprint density at radius 1 is 1.23 bits per heavy atom. The predicted molar refractivity (Wildman–Crippen MR) is 109 cm³/mol. The van der Waals surface area contributed by atoms with Crippen molar-refractivity contribution < 1.29 is 22.8 Å². The summed E-state index contributed by atoms with van der Waals surface area (Å²) in [7, 11) is 0. The largest absolute Gasteiger partial charge is 0.345 e. The SMILES string of the molecule is CC1=C(C(=O)N[C@H](c2cccc(F)c2)C2CC2)c2c(F)c(C(C)C=O)cc(F)c2C[N]1. The zero-order valence-corrected chi connectivity index (χ0v) is 17.2. The van der Waals surface area contributed by atoms with Gasteiger partial charge in [0.1, 0.15) is 23.7 Å². The van der Waals surface area contributed by atoms with Crippen molar-refractivity contribution in [3.63, 3.8) is 0 Å². The van der Waals surface area contributed by atoms with Gasteiger partial charge >= 0.3 is 0 Å². The molecule has 2 atom stereocenters. The first-order valence-electron chi connectivity index (χ1n) is 10.2. The number of benzene rings is 2. The Labute approximate surface area is 178 Å². The van der Waals surface area contributed by atoms with E-state index in [0.29, 0.717) is 11.8 Å². The first kappa shape index (κ1) is 21.2. The fourth-order valence-electron chi connectivity index (χ4n) is 4.05. The average Bonchev–Trinajstić information content (AvgIpc) is 3.58. The maximum absolute atomic E-state index is 15.4. The molecule has 0 spiro atoms. The van der Waals surface area contributed by atoms with Crippen LogP contribution < -0.4 is 10.6 Å². The number of rotatable bonds is 6. The number of aldehydes is 1. The molecular weight excluding hydrogens is 405 g/mol. The van der Waals surface area contributed by atoms with Gasteiger partial charge in [0, 0.05) is 28.3 Å². The number of fused-ring (bicyclic) bond motifs is 1. The van der Waals surface area contributed by atoms with Gasteiger partial charge in [-0.15, -0.1) is 0 Å². The third-order valence-corrected chi connectivity index (χ3v) is 5.94. The van der Waals surface area contributed by atoms with E-state index in [2.05, 4.69) is 10.6 Å². The number of amides is 1. The molecule has 1 N–H and O–H groups in total. The molecule has 2 aromatic rings. The molecule has 7 heteroatoms. The lowest BCUT2D eigenvalue weighted by molar-refractivity contribution is -0.116. The van der Waals surface area contributed by atoms with Crippen LogP contribution in [0.5, 0.6) is 0 Å². The smallest absolute Gasteiger partial charge is 0.254 e. The van der Waals surface area contributed by atoms with Gasteiger partial charge in [-0.1, -0.05) is 19.1 Å². The lowest BCUT2D eigenvalue weighted by atomic mass is 9.88. The van der Waals surface area contributed by atoms with Gasteiger partial charge in [0.25, 0.3) is 5.91 Å². The van der Waals surface area contributed by atoms with Crippen molar-refractivity contribution in [1.29, 1.82) is 0 Å². The maximum atomic E-state index is 15.4. The molecule has 2 aliphatic rings.